The molecule has 0 saturated heterocycles. The molecular formula is C14H19N3. The molecule has 1 heterocycles. The Balaban J connectivity index is 2.79. The normalized spacial score (nSPS) is 11.1. The molecule has 0 saturated carbocycles. The summed E-state index contributed by atoms with van der Waals surface area (Å²) in [7, 11) is 0. The van der Waals surface area contributed by atoms with E-state index in [-0.39, 0.29) is 0 Å². The molecule has 0 fully saturated rings. The average molecular weight is 229 g/mol. The average Bonchev–Trinajstić information content (AvgIpc) is 2.36. The lowest BCUT2D eigenvalue weighted by Gasteiger charge is -2.13. The number of rotatable bonds is 3. The van der Waals surface area contributed by atoms with Gasteiger partial charge in [0.15, 0.2) is 0 Å². The summed E-state index contributed by atoms with van der Waals surface area (Å²) in [5, 5.41) is 1.09. The molecule has 2 aromatic rings. The maximum Gasteiger partial charge on any atom is 0.0761 e. The van der Waals surface area contributed by atoms with Gasteiger partial charge < -0.3 is 5.43 Å². The highest BCUT2D eigenvalue weighted by atomic mass is 15.2. The number of nitrogens with two attached hydrogens (primary N) is 1. The van der Waals surface area contributed by atoms with Crippen LogP contribution in [0.4, 0.5) is 5.69 Å². The van der Waals surface area contributed by atoms with Gasteiger partial charge in [0.2, 0.25) is 0 Å². The Labute approximate surface area is 102 Å². The van der Waals surface area contributed by atoms with E-state index in [2.05, 4.69) is 44.4 Å². The van der Waals surface area contributed by atoms with Gasteiger partial charge in [0.1, 0.15) is 0 Å². The lowest BCUT2D eigenvalue weighted by molar-refractivity contribution is 0.871. The number of para-hydroxylation sites is 1. The minimum Gasteiger partial charge on any atom is -0.323 e. The zero-order chi connectivity index (χ0) is 12.4. The van der Waals surface area contributed by atoms with Crippen molar-refractivity contribution >= 4 is 16.6 Å². The highest BCUT2D eigenvalue weighted by Crippen LogP contribution is 2.29. The summed E-state index contributed by atoms with van der Waals surface area (Å²) in [5.74, 6) is 6.05. The molecule has 1 aromatic heterocycles. The summed E-state index contributed by atoms with van der Waals surface area (Å²) in [6.45, 7) is 6.47. The van der Waals surface area contributed by atoms with Crippen molar-refractivity contribution in [3.63, 3.8) is 0 Å². The van der Waals surface area contributed by atoms with E-state index in [0.717, 1.165) is 28.7 Å². The number of aromatic nitrogens is 1. The largest absolute Gasteiger partial charge is 0.323 e. The van der Waals surface area contributed by atoms with Gasteiger partial charge in [0, 0.05) is 11.1 Å². The van der Waals surface area contributed by atoms with Gasteiger partial charge in [-0.15, -0.1) is 0 Å². The second-order valence-corrected chi connectivity index (χ2v) is 4.56. The predicted octanol–water partition coefficient (Wildman–Crippen LogP) is 3.21. The molecule has 0 aliphatic heterocycles. The fourth-order valence-corrected chi connectivity index (χ4v) is 2.09. The van der Waals surface area contributed by atoms with Crippen LogP contribution in [0.5, 0.6) is 0 Å². The van der Waals surface area contributed by atoms with E-state index in [1.165, 1.54) is 5.56 Å². The van der Waals surface area contributed by atoms with E-state index in [1.54, 1.807) is 0 Å². The van der Waals surface area contributed by atoms with E-state index in [9.17, 15) is 0 Å². The third-order valence-electron chi connectivity index (χ3n) is 3.06. The van der Waals surface area contributed by atoms with Gasteiger partial charge in [-0.2, -0.15) is 0 Å². The number of benzene rings is 1. The smallest absolute Gasteiger partial charge is 0.0761 e. The Morgan fingerprint density at radius 2 is 2.12 bits per heavy atom. The van der Waals surface area contributed by atoms with Gasteiger partial charge in [0.25, 0.3) is 0 Å². The number of nitrogen functional groups attached to an aromatic ring is 1. The Kier molecular flexibility index (Phi) is 3.29. The molecule has 0 radical (unpaired) electrons. The maximum absolute atomic E-state index is 5.59. The molecule has 0 bridgehead atoms. The molecule has 0 atom stereocenters. The third-order valence-corrected chi connectivity index (χ3v) is 3.06. The number of fused-ring (bicyclic) bond motifs is 1. The van der Waals surface area contributed by atoms with E-state index in [0.29, 0.717) is 5.92 Å². The van der Waals surface area contributed by atoms with Crippen LogP contribution in [0.15, 0.2) is 24.3 Å². The second-order valence-electron chi connectivity index (χ2n) is 4.56. The van der Waals surface area contributed by atoms with Crippen LogP contribution in [-0.4, -0.2) is 4.98 Å². The maximum atomic E-state index is 5.59. The van der Waals surface area contributed by atoms with E-state index in [4.69, 9.17) is 10.8 Å². The predicted molar refractivity (Wildman–Crippen MR) is 73.0 cm³/mol. The molecule has 90 valence electrons. The Hall–Kier alpha value is -1.61. The first-order valence-corrected chi connectivity index (χ1v) is 6.06. The highest BCUT2D eigenvalue weighted by molar-refractivity contribution is 5.93. The molecule has 0 unspecified atom stereocenters. The van der Waals surface area contributed by atoms with Crippen LogP contribution < -0.4 is 11.3 Å². The fraction of sp³-hybridized carbons (Fsp3) is 0.357. The molecule has 1 aromatic carbocycles. The molecule has 0 spiro atoms. The van der Waals surface area contributed by atoms with Crippen LogP contribution in [0, 0.1) is 0 Å². The Morgan fingerprint density at radius 3 is 2.71 bits per heavy atom. The SMILES string of the molecule is CCc1cc(NN)c2cccc(C(C)C)c2n1. The van der Waals surface area contributed by atoms with Crippen LogP contribution in [0.25, 0.3) is 10.9 Å². The van der Waals surface area contributed by atoms with Crippen molar-refractivity contribution in [2.45, 2.75) is 33.1 Å². The molecular weight excluding hydrogens is 210 g/mol. The summed E-state index contributed by atoms with van der Waals surface area (Å²) in [6, 6.07) is 8.28. The quantitative estimate of drug-likeness (QED) is 0.627. The summed E-state index contributed by atoms with van der Waals surface area (Å²) in [6.07, 6.45) is 0.914. The molecule has 0 aliphatic carbocycles. The summed E-state index contributed by atoms with van der Waals surface area (Å²) >= 11 is 0. The minimum absolute atomic E-state index is 0.462. The third kappa shape index (κ3) is 2.11. The highest BCUT2D eigenvalue weighted by Gasteiger charge is 2.10. The molecule has 17 heavy (non-hydrogen) atoms. The number of hydrazine groups is 1. The molecule has 2 rings (SSSR count). The zero-order valence-electron chi connectivity index (χ0n) is 10.6. The van der Waals surface area contributed by atoms with Crippen molar-refractivity contribution in [1.29, 1.82) is 0 Å². The molecule has 0 amide bonds. The molecule has 3 heteroatoms. The van der Waals surface area contributed by atoms with Gasteiger partial charge in [0.05, 0.1) is 11.2 Å². The molecule has 3 nitrogen and oxygen atoms in total. The van der Waals surface area contributed by atoms with E-state index in [1.807, 2.05) is 6.07 Å². The molecule has 3 N–H and O–H groups in total. The first-order chi connectivity index (χ1) is 8.17. The van der Waals surface area contributed by atoms with Crippen molar-refractivity contribution in [3.05, 3.63) is 35.5 Å². The van der Waals surface area contributed by atoms with E-state index >= 15 is 0 Å². The zero-order valence-corrected chi connectivity index (χ0v) is 10.6. The Morgan fingerprint density at radius 1 is 1.35 bits per heavy atom. The van der Waals surface area contributed by atoms with Crippen LogP contribution in [0.3, 0.4) is 0 Å². The van der Waals surface area contributed by atoms with Gasteiger partial charge in [-0.25, -0.2) is 0 Å². The summed E-state index contributed by atoms with van der Waals surface area (Å²) in [5.41, 5.74) is 7.13. The lowest BCUT2D eigenvalue weighted by atomic mass is 9.98. The first kappa shape index (κ1) is 11.9. The topological polar surface area (TPSA) is 50.9 Å². The van der Waals surface area contributed by atoms with Crippen LogP contribution in [0.1, 0.15) is 37.9 Å². The summed E-state index contributed by atoms with van der Waals surface area (Å²) < 4.78 is 0. The van der Waals surface area contributed by atoms with E-state index < -0.39 is 0 Å². The standard InChI is InChI=1S/C14H19N3/c1-4-10-8-13(17-15)12-7-5-6-11(9(2)3)14(12)16-10/h5-9H,4,15H2,1-3H3,(H,16,17). The van der Waals surface area contributed by atoms with Crippen molar-refractivity contribution in [1.82, 2.24) is 4.98 Å². The van der Waals surface area contributed by atoms with Gasteiger partial charge >= 0.3 is 0 Å². The van der Waals surface area contributed by atoms with Gasteiger partial charge in [-0.05, 0) is 24.0 Å². The number of nitrogens with zero attached hydrogens (tertiary/aromatic N) is 1. The number of pyridine rings is 1. The number of hydrogen-bond donors (Lipinski definition) is 2. The number of nitrogens with one attached hydrogen (secondary N) is 1. The van der Waals surface area contributed by atoms with Crippen LogP contribution >= 0.6 is 0 Å². The molecule has 0 aliphatic rings. The number of aryl methyl sites for hydroxylation is 1. The van der Waals surface area contributed by atoms with Crippen LogP contribution in [0.2, 0.25) is 0 Å². The van der Waals surface area contributed by atoms with Gasteiger partial charge in [-0.1, -0.05) is 39.0 Å². The minimum atomic E-state index is 0.462. The van der Waals surface area contributed by atoms with Crippen molar-refractivity contribution in [3.8, 4) is 0 Å². The monoisotopic (exact) mass is 229 g/mol. The number of hydrogen-bond acceptors (Lipinski definition) is 3. The fourth-order valence-electron chi connectivity index (χ4n) is 2.09. The van der Waals surface area contributed by atoms with Gasteiger partial charge in [-0.3, -0.25) is 10.8 Å². The Bertz CT molecular complexity index is 532. The van der Waals surface area contributed by atoms with Crippen LogP contribution in [-0.2, 0) is 6.42 Å². The van der Waals surface area contributed by atoms with Crippen molar-refractivity contribution in [2.75, 3.05) is 5.43 Å². The lowest BCUT2D eigenvalue weighted by Crippen LogP contribution is -2.09. The second kappa shape index (κ2) is 4.72. The number of anilines is 1. The van der Waals surface area contributed by atoms with Crippen molar-refractivity contribution < 1.29 is 0 Å². The summed E-state index contributed by atoms with van der Waals surface area (Å²) in [4.78, 5) is 4.73. The first-order valence-electron chi connectivity index (χ1n) is 6.06. The van der Waals surface area contributed by atoms with Crippen molar-refractivity contribution in [2.24, 2.45) is 5.84 Å².